The zero-order valence-corrected chi connectivity index (χ0v) is 18.5. The van der Waals surface area contributed by atoms with E-state index in [4.69, 9.17) is 26.8 Å². The summed E-state index contributed by atoms with van der Waals surface area (Å²) < 4.78 is 11.6. The van der Waals surface area contributed by atoms with Crippen molar-refractivity contribution >= 4 is 28.9 Å². The number of anilines is 2. The molecule has 0 fully saturated rings. The standard InChI is InChI=1S/C25H25ClN2O3/c1-15(2)31-23-14-21-17(12-22(23)30-3)13-24(29)28(20-10-8-19(27)9-11-20)25(21)16-4-6-18(26)7-5-16/h4-12,14-15,25H,13,27H2,1-3H3/t25-/m0/s1. The van der Waals surface area contributed by atoms with Crippen molar-refractivity contribution in [3.8, 4) is 11.5 Å². The molecule has 0 unspecified atom stereocenters. The number of ether oxygens (including phenoxy) is 2. The predicted molar refractivity (Wildman–Crippen MR) is 124 cm³/mol. The molecule has 0 bridgehead atoms. The molecule has 1 heterocycles. The molecule has 0 aliphatic carbocycles. The van der Waals surface area contributed by atoms with E-state index in [-0.39, 0.29) is 24.5 Å². The number of carbonyl (C=O) groups is 1. The quantitative estimate of drug-likeness (QED) is 0.544. The van der Waals surface area contributed by atoms with Gasteiger partial charge >= 0.3 is 0 Å². The Kier molecular flexibility index (Phi) is 5.79. The minimum atomic E-state index is -0.336. The van der Waals surface area contributed by atoms with E-state index in [0.29, 0.717) is 22.2 Å². The molecule has 0 saturated heterocycles. The number of halogens is 1. The van der Waals surface area contributed by atoms with Gasteiger partial charge in [0.1, 0.15) is 0 Å². The van der Waals surface area contributed by atoms with Gasteiger partial charge in [-0.1, -0.05) is 23.7 Å². The van der Waals surface area contributed by atoms with Gasteiger partial charge in [0.05, 0.1) is 25.7 Å². The molecule has 0 radical (unpaired) electrons. The second kappa shape index (κ2) is 8.52. The zero-order chi connectivity index (χ0) is 22.1. The summed E-state index contributed by atoms with van der Waals surface area (Å²) >= 11 is 6.14. The Hall–Kier alpha value is -3.18. The minimum Gasteiger partial charge on any atom is -0.493 e. The number of nitrogens with zero attached hydrogens (tertiary/aromatic N) is 1. The molecule has 5 nitrogen and oxygen atoms in total. The molecular weight excluding hydrogens is 412 g/mol. The normalized spacial score (nSPS) is 15.7. The van der Waals surface area contributed by atoms with Crippen molar-refractivity contribution in [2.45, 2.75) is 32.4 Å². The molecule has 31 heavy (non-hydrogen) atoms. The highest BCUT2D eigenvalue weighted by Crippen LogP contribution is 2.43. The first-order valence-corrected chi connectivity index (χ1v) is 10.6. The van der Waals surface area contributed by atoms with Crippen LogP contribution in [0.4, 0.5) is 11.4 Å². The first kappa shape index (κ1) is 21.1. The van der Waals surface area contributed by atoms with Gasteiger partial charge in [0.25, 0.3) is 0 Å². The maximum absolute atomic E-state index is 13.4. The topological polar surface area (TPSA) is 64.8 Å². The number of methoxy groups -OCH3 is 1. The Morgan fingerprint density at radius 3 is 2.32 bits per heavy atom. The molecule has 1 aliphatic heterocycles. The lowest BCUT2D eigenvalue weighted by molar-refractivity contribution is -0.118. The second-order valence-electron chi connectivity index (χ2n) is 7.85. The van der Waals surface area contributed by atoms with Crippen LogP contribution in [0.15, 0.2) is 60.7 Å². The van der Waals surface area contributed by atoms with E-state index in [2.05, 4.69) is 0 Å². The summed E-state index contributed by atoms with van der Waals surface area (Å²) in [4.78, 5) is 15.2. The monoisotopic (exact) mass is 436 g/mol. The highest BCUT2D eigenvalue weighted by molar-refractivity contribution is 6.30. The fourth-order valence-electron chi connectivity index (χ4n) is 3.96. The number of rotatable bonds is 5. The van der Waals surface area contributed by atoms with Crippen LogP contribution in [0.2, 0.25) is 5.02 Å². The first-order valence-electron chi connectivity index (χ1n) is 10.2. The Morgan fingerprint density at radius 2 is 1.71 bits per heavy atom. The number of hydrogen-bond donors (Lipinski definition) is 1. The van der Waals surface area contributed by atoms with Gasteiger partial charge in [0, 0.05) is 16.4 Å². The third-order valence-corrected chi connectivity index (χ3v) is 5.56. The van der Waals surface area contributed by atoms with E-state index >= 15 is 0 Å². The maximum Gasteiger partial charge on any atom is 0.232 e. The molecule has 0 aromatic heterocycles. The minimum absolute atomic E-state index is 0.00296. The molecule has 3 aromatic carbocycles. The van der Waals surface area contributed by atoms with Gasteiger partial charge < -0.3 is 20.1 Å². The van der Waals surface area contributed by atoms with Gasteiger partial charge in [-0.15, -0.1) is 0 Å². The maximum atomic E-state index is 13.4. The first-order chi connectivity index (χ1) is 14.9. The van der Waals surface area contributed by atoms with Crippen LogP contribution in [0, 0.1) is 0 Å². The van der Waals surface area contributed by atoms with E-state index in [1.807, 2.05) is 67.3 Å². The molecule has 6 heteroatoms. The highest BCUT2D eigenvalue weighted by Gasteiger charge is 2.36. The molecular formula is C25H25ClN2O3. The fourth-order valence-corrected chi connectivity index (χ4v) is 4.09. The van der Waals surface area contributed by atoms with Crippen LogP contribution in [-0.2, 0) is 11.2 Å². The fraction of sp³-hybridized carbons (Fsp3) is 0.240. The molecule has 1 amide bonds. The van der Waals surface area contributed by atoms with Gasteiger partial charge in [0.2, 0.25) is 5.91 Å². The summed E-state index contributed by atoms with van der Waals surface area (Å²) in [5.41, 5.74) is 10.2. The second-order valence-corrected chi connectivity index (χ2v) is 8.29. The molecule has 0 saturated carbocycles. The molecule has 160 valence electrons. The third-order valence-electron chi connectivity index (χ3n) is 5.31. The van der Waals surface area contributed by atoms with Gasteiger partial charge in [-0.05, 0) is 79.1 Å². The van der Waals surface area contributed by atoms with Gasteiger partial charge in [-0.3, -0.25) is 4.79 Å². The summed E-state index contributed by atoms with van der Waals surface area (Å²) in [6.45, 7) is 3.94. The third kappa shape index (κ3) is 4.19. The van der Waals surface area contributed by atoms with Crippen LogP contribution in [0.1, 0.15) is 36.6 Å². The summed E-state index contributed by atoms with van der Waals surface area (Å²) in [6.07, 6.45) is 0.252. The average Bonchev–Trinajstić information content (AvgIpc) is 2.74. The molecule has 1 atom stereocenters. The van der Waals surface area contributed by atoms with Gasteiger partial charge in [-0.25, -0.2) is 0 Å². The number of fused-ring (bicyclic) bond motifs is 1. The lowest BCUT2D eigenvalue weighted by Crippen LogP contribution is -2.41. The van der Waals surface area contributed by atoms with Crippen molar-refractivity contribution in [3.63, 3.8) is 0 Å². The zero-order valence-electron chi connectivity index (χ0n) is 17.8. The molecule has 0 spiro atoms. The van der Waals surface area contributed by atoms with Crippen molar-refractivity contribution in [2.75, 3.05) is 17.7 Å². The number of nitrogens with two attached hydrogens (primary N) is 1. The van der Waals surface area contributed by atoms with Crippen LogP contribution in [-0.4, -0.2) is 19.1 Å². The van der Waals surface area contributed by atoms with Crippen molar-refractivity contribution in [3.05, 3.63) is 82.4 Å². The number of benzene rings is 3. The van der Waals surface area contributed by atoms with Crippen LogP contribution in [0.5, 0.6) is 11.5 Å². The number of nitrogen functional groups attached to an aromatic ring is 1. The molecule has 1 aliphatic rings. The highest BCUT2D eigenvalue weighted by atomic mass is 35.5. The van der Waals surface area contributed by atoms with E-state index in [0.717, 1.165) is 22.4 Å². The predicted octanol–water partition coefficient (Wildman–Crippen LogP) is 5.40. The Balaban J connectivity index is 1.92. The number of hydrogen-bond acceptors (Lipinski definition) is 4. The van der Waals surface area contributed by atoms with E-state index < -0.39 is 0 Å². The van der Waals surface area contributed by atoms with Crippen LogP contribution >= 0.6 is 11.6 Å². The van der Waals surface area contributed by atoms with Crippen LogP contribution in [0.25, 0.3) is 0 Å². The Morgan fingerprint density at radius 1 is 1.03 bits per heavy atom. The van der Waals surface area contributed by atoms with Crippen molar-refractivity contribution in [1.29, 1.82) is 0 Å². The van der Waals surface area contributed by atoms with Crippen molar-refractivity contribution in [1.82, 2.24) is 0 Å². The molecule has 2 N–H and O–H groups in total. The smallest absolute Gasteiger partial charge is 0.232 e. The number of amides is 1. The van der Waals surface area contributed by atoms with Crippen LogP contribution in [0.3, 0.4) is 0 Å². The van der Waals surface area contributed by atoms with Crippen LogP contribution < -0.4 is 20.1 Å². The summed E-state index contributed by atoms with van der Waals surface area (Å²) in [5, 5.41) is 0.642. The van der Waals surface area contributed by atoms with E-state index in [9.17, 15) is 4.79 Å². The average molecular weight is 437 g/mol. The van der Waals surface area contributed by atoms with E-state index in [1.54, 1.807) is 19.2 Å². The summed E-state index contributed by atoms with van der Waals surface area (Å²) in [6, 6.07) is 18.5. The molecule has 4 rings (SSSR count). The van der Waals surface area contributed by atoms with Gasteiger partial charge in [-0.2, -0.15) is 0 Å². The largest absolute Gasteiger partial charge is 0.493 e. The van der Waals surface area contributed by atoms with E-state index in [1.165, 1.54) is 0 Å². The lowest BCUT2D eigenvalue weighted by atomic mass is 9.86. The Bertz CT molecular complexity index is 1100. The van der Waals surface area contributed by atoms with Gasteiger partial charge in [0.15, 0.2) is 11.5 Å². The lowest BCUT2D eigenvalue weighted by Gasteiger charge is -2.38. The van der Waals surface area contributed by atoms with Crippen molar-refractivity contribution < 1.29 is 14.3 Å². The summed E-state index contributed by atoms with van der Waals surface area (Å²) in [7, 11) is 1.61. The number of carbonyl (C=O) groups excluding carboxylic acids is 1. The Labute approximate surface area is 187 Å². The molecule has 3 aromatic rings. The summed E-state index contributed by atoms with van der Waals surface area (Å²) in [5.74, 6) is 1.27. The SMILES string of the molecule is COc1cc2c(cc1OC(C)C)[C@H](c1ccc(Cl)cc1)N(c1ccc(N)cc1)C(=O)C2. The van der Waals surface area contributed by atoms with Crippen molar-refractivity contribution in [2.24, 2.45) is 0 Å².